The van der Waals surface area contributed by atoms with Gasteiger partial charge in [0.15, 0.2) is 4.34 Å². The van der Waals surface area contributed by atoms with Gasteiger partial charge in [-0.15, -0.1) is 20.4 Å². The van der Waals surface area contributed by atoms with Gasteiger partial charge in [-0.05, 0) is 36.2 Å². The minimum absolute atomic E-state index is 0.204. The molecule has 0 radical (unpaired) electrons. The monoisotopic (exact) mass is 423 g/mol. The number of aromatic nitrogens is 4. The lowest BCUT2D eigenvalue weighted by Gasteiger charge is -2.02. The van der Waals surface area contributed by atoms with Gasteiger partial charge in [0.1, 0.15) is 0 Å². The van der Waals surface area contributed by atoms with Gasteiger partial charge in [-0.2, -0.15) is 0 Å². The Morgan fingerprint density at radius 3 is 2.59 bits per heavy atom. The van der Waals surface area contributed by atoms with E-state index in [1.165, 1.54) is 28.7 Å². The summed E-state index contributed by atoms with van der Waals surface area (Å²) in [6.45, 7) is 2.08. The highest BCUT2D eigenvalue weighted by molar-refractivity contribution is 8.00. The predicted octanol–water partition coefficient (Wildman–Crippen LogP) is 4.70. The number of hydrogen-bond donors (Lipinski definition) is 1. The molecule has 0 unspecified atom stereocenters. The highest BCUT2D eigenvalue weighted by Gasteiger charge is 2.13. The Bertz CT molecular complexity index is 1090. The lowest BCUT2D eigenvalue weighted by molar-refractivity contribution is 0.102. The van der Waals surface area contributed by atoms with Crippen molar-refractivity contribution in [1.82, 2.24) is 20.4 Å². The number of anilines is 1. The summed E-state index contributed by atoms with van der Waals surface area (Å²) in [6, 6.07) is 17.1. The van der Waals surface area contributed by atoms with Gasteiger partial charge in [-0.3, -0.25) is 10.1 Å². The molecule has 7 nitrogen and oxygen atoms in total. The summed E-state index contributed by atoms with van der Waals surface area (Å²) in [4.78, 5) is 12.3. The number of hydrogen-bond acceptors (Lipinski definition) is 8. The Balaban J connectivity index is 1.33. The topological polar surface area (TPSA) is 93.8 Å². The molecular formula is C20H17N5O2S2. The minimum atomic E-state index is -0.204. The molecule has 146 valence electrons. The van der Waals surface area contributed by atoms with Crippen molar-refractivity contribution in [2.45, 2.75) is 23.4 Å². The fraction of sp³-hybridized carbons (Fsp3) is 0.150. The van der Waals surface area contributed by atoms with Crippen LogP contribution in [0.3, 0.4) is 0 Å². The molecule has 4 rings (SSSR count). The average molecular weight is 424 g/mol. The third-order valence-corrected chi connectivity index (χ3v) is 6.01. The maximum absolute atomic E-state index is 12.3. The summed E-state index contributed by atoms with van der Waals surface area (Å²) >= 11 is 2.73. The molecular weight excluding hydrogens is 406 g/mol. The average Bonchev–Trinajstić information content (AvgIpc) is 3.42. The van der Waals surface area contributed by atoms with E-state index in [0.717, 1.165) is 12.0 Å². The summed E-state index contributed by atoms with van der Waals surface area (Å²) in [5, 5.41) is 19.5. The first-order valence-corrected chi connectivity index (χ1v) is 10.8. The maximum Gasteiger partial charge on any atom is 0.257 e. The fourth-order valence-electron chi connectivity index (χ4n) is 2.51. The number of nitrogens with zero attached hydrogens (tertiary/aromatic N) is 4. The van der Waals surface area contributed by atoms with Gasteiger partial charge in [0.25, 0.3) is 5.91 Å². The molecule has 0 aliphatic heterocycles. The molecule has 0 atom stereocenters. The van der Waals surface area contributed by atoms with Crippen LogP contribution in [0.25, 0.3) is 11.5 Å². The zero-order chi connectivity index (χ0) is 20.1. The molecule has 0 aliphatic rings. The minimum Gasteiger partial charge on any atom is -0.420 e. The quantitative estimate of drug-likeness (QED) is 0.340. The number of aryl methyl sites for hydroxylation is 1. The van der Waals surface area contributed by atoms with Crippen LogP contribution in [0.2, 0.25) is 0 Å². The zero-order valence-electron chi connectivity index (χ0n) is 15.5. The lowest BCUT2D eigenvalue weighted by atomic mass is 10.1. The van der Waals surface area contributed by atoms with E-state index in [2.05, 4.69) is 32.6 Å². The second kappa shape index (κ2) is 8.97. The third-order valence-electron chi connectivity index (χ3n) is 4.06. The Kier molecular flexibility index (Phi) is 5.97. The molecule has 1 amide bonds. The van der Waals surface area contributed by atoms with Crippen molar-refractivity contribution in [3.8, 4) is 11.5 Å². The molecule has 29 heavy (non-hydrogen) atoms. The fourth-order valence-corrected chi connectivity index (χ4v) is 4.10. The van der Waals surface area contributed by atoms with E-state index in [4.69, 9.17) is 4.42 Å². The number of thioether (sulfide) groups is 1. The molecule has 2 aromatic heterocycles. The van der Waals surface area contributed by atoms with Gasteiger partial charge >= 0.3 is 0 Å². The van der Waals surface area contributed by atoms with Crippen molar-refractivity contribution >= 4 is 34.1 Å². The van der Waals surface area contributed by atoms with E-state index in [1.54, 1.807) is 0 Å². The molecule has 2 aromatic carbocycles. The van der Waals surface area contributed by atoms with Crippen LogP contribution in [-0.2, 0) is 12.2 Å². The second-order valence-electron chi connectivity index (χ2n) is 6.03. The van der Waals surface area contributed by atoms with E-state index >= 15 is 0 Å². The van der Waals surface area contributed by atoms with Gasteiger partial charge in [0, 0.05) is 11.1 Å². The molecule has 4 aromatic rings. The second-order valence-corrected chi connectivity index (χ2v) is 8.23. The first-order valence-electron chi connectivity index (χ1n) is 8.95. The molecule has 0 bridgehead atoms. The number of rotatable bonds is 7. The summed E-state index contributed by atoms with van der Waals surface area (Å²) in [6.07, 6.45) is 0.936. The molecule has 2 heterocycles. The van der Waals surface area contributed by atoms with Crippen LogP contribution >= 0.6 is 23.1 Å². The van der Waals surface area contributed by atoms with Crippen LogP contribution in [0.5, 0.6) is 0 Å². The number of benzene rings is 2. The van der Waals surface area contributed by atoms with Gasteiger partial charge in [0.2, 0.25) is 16.9 Å². The largest absolute Gasteiger partial charge is 0.420 e. The van der Waals surface area contributed by atoms with E-state index in [1.807, 2.05) is 54.6 Å². The summed E-state index contributed by atoms with van der Waals surface area (Å²) in [7, 11) is 0. The predicted molar refractivity (Wildman–Crippen MR) is 113 cm³/mol. The van der Waals surface area contributed by atoms with E-state index in [9.17, 15) is 4.79 Å². The standard InChI is InChI=1S/C20H17N5O2S2/c1-2-13-8-10-14(11-9-13)17(26)21-19-24-25-20(29-19)28-12-16-22-23-18(27-16)15-6-4-3-5-7-15/h3-11H,2,12H2,1H3,(H,21,24,26). The number of carbonyl (C=O) groups excluding carboxylic acids is 1. The van der Waals surface area contributed by atoms with E-state index in [0.29, 0.717) is 32.6 Å². The van der Waals surface area contributed by atoms with Crippen LogP contribution in [0.15, 0.2) is 63.4 Å². The zero-order valence-corrected chi connectivity index (χ0v) is 17.2. The molecule has 0 fully saturated rings. The first kappa shape index (κ1) is 19.3. The van der Waals surface area contributed by atoms with Gasteiger partial charge in [0.05, 0.1) is 5.75 Å². The van der Waals surface area contributed by atoms with Crippen molar-refractivity contribution in [2.75, 3.05) is 5.32 Å². The number of nitrogens with one attached hydrogen (secondary N) is 1. The van der Waals surface area contributed by atoms with E-state index < -0.39 is 0 Å². The highest BCUT2D eigenvalue weighted by Crippen LogP contribution is 2.29. The van der Waals surface area contributed by atoms with E-state index in [-0.39, 0.29) is 5.91 Å². The van der Waals surface area contributed by atoms with Crippen LogP contribution in [0.1, 0.15) is 28.7 Å². The number of carbonyl (C=O) groups is 1. The Labute approximate surface area is 175 Å². The molecule has 9 heteroatoms. The molecule has 0 spiro atoms. The van der Waals surface area contributed by atoms with Crippen LogP contribution in [0, 0.1) is 0 Å². The maximum atomic E-state index is 12.3. The Hall–Kier alpha value is -3.04. The molecule has 0 saturated heterocycles. The van der Waals surface area contributed by atoms with Gasteiger partial charge in [-0.25, -0.2) is 0 Å². The first-order chi connectivity index (χ1) is 14.2. The van der Waals surface area contributed by atoms with Crippen molar-refractivity contribution < 1.29 is 9.21 Å². The van der Waals surface area contributed by atoms with Crippen molar-refractivity contribution in [1.29, 1.82) is 0 Å². The molecule has 1 N–H and O–H groups in total. The van der Waals surface area contributed by atoms with Gasteiger partial charge < -0.3 is 4.42 Å². The van der Waals surface area contributed by atoms with Crippen molar-refractivity contribution in [3.63, 3.8) is 0 Å². The summed E-state index contributed by atoms with van der Waals surface area (Å²) in [5.41, 5.74) is 2.66. The van der Waals surface area contributed by atoms with Crippen molar-refractivity contribution in [2.24, 2.45) is 0 Å². The highest BCUT2D eigenvalue weighted by atomic mass is 32.2. The lowest BCUT2D eigenvalue weighted by Crippen LogP contribution is -2.11. The Morgan fingerprint density at radius 2 is 1.83 bits per heavy atom. The smallest absolute Gasteiger partial charge is 0.257 e. The Morgan fingerprint density at radius 1 is 1.03 bits per heavy atom. The SMILES string of the molecule is CCc1ccc(C(=O)Nc2nnc(SCc3nnc(-c4ccccc4)o3)s2)cc1. The third kappa shape index (κ3) is 4.87. The summed E-state index contributed by atoms with van der Waals surface area (Å²) < 4.78 is 6.39. The van der Waals surface area contributed by atoms with Crippen LogP contribution in [0.4, 0.5) is 5.13 Å². The van der Waals surface area contributed by atoms with Crippen molar-refractivity contribution in [3.05, 3.63) is 71.6 Å². The summed E-state index contributed by atoms with van der Waals surface area (Å²) in [5.74, 6) is 1.26. The van der Waals surface area contributed by atoms with Gasteiger partial charge in [-0.1, -0.05) is 60.4 Å². The number of amides is 1. The normalized spacial score (nSPS) is 10.8. The van der Waals surface area contributed by atoms with Crippen LogP contribution < -0.4 is 5.32 Å². The molecule has 0 saturated carbocycles. The molecule has 0 aliphatic carbocycles. The van der Waals surface area contributed by atoms with Crippen LogP contribution in [-0.4, -0.2) is 26.3 Å².